The van der Waals surface area contributed by atoms with E-state index in [9.17, 15) is 9.90 Å². The van der Waals surface area contributed by atoms with Crippen LogP contribution in [0, 0.1) is 0 Å². The minimum Gasteiger partial charge on any atom is -0.506 e. The lowest BCUT2D eigenvalue weighted by Gasteiger charge is -2.07. The van der Waals surface area contributed by atoms with Crippen LogP contribution in [0.25, 0.3) is 11.0 Å². The first-order chi connectivity index (χ1) is 9.19. The van der Waals surface area contributed by atoms with E-state index in [2.05, 4.69) is 5.16 Å². The van der Waals surface area contributed by atoms with Crippen LogP contribution in [0.1, 0.15) is 25.3 Å². The van der Waals surface area contributed by atoms with Crippen LogP contribution in [0.5, 0.6) is 5.75 Å². The SMILES string of the molecule is CCC/C(=N\OC)c1c(O)c2ccccc2oc1=O. The van der Waals surface area contributed by atoms with E-state index in [4.69, 9.17) is 9.25 Å². The lowest BCUT2D eigenvalue weighted by Crippen LogP contribution is -2.15. The largest absolute Gasteiger partial charge is 0.506 e. The molecule has 5 heteroatoms. The van der Waals surface area contributed by atoms with Crippen LogP contribution in [-0.2, 0) is 4.84 Å². The number of aromatic hydroxyl groups is 1. The average Bonchev–Trinajstić information content (AvgIpc) is 2.39. The summed E-state index contributed by atoms with van der Waals surface area (Å²) in [7, 11) is 1.40. The van der Waals surface area contributed by atoms with Gasteiger partial charge in [-0.05, 0) is 18.6 Å². The molecule has 0 atom stereocenters. The van der Waals surface area contributed by atoms with Crippen LogP contribution >= 0.6 is 0 Å². The maximum atomic E-state index is 12.0. The van der Waals surface area contributed by atoms with Crippen molar-refractivity contribution < 1.29 is 14.4 Å². The first-order valence-electron chi connectivity index (χ1n) is 6.04. The van der Waals surface area contributed by atoms with Crippen LogP contribution in [0.4, 0.5) is 0 Å². The highest BCUT2D eigenvalue weighted by Gasteiger charge is 2.19. The molecule has 0 radical (unpaired) electrons. The smallest absolute Gasteiger partial charge is 0.349 e. The highest BCUT2D eigenvalue weighted by molar-refractivity contribution is 6.05. The minimum atomic E-state index is -0.611. The average molecular weight is 261 g/mol. The van der Waals surface area contributed by atoms with Gasteiger partial charge in [0.1, 0.15) is 24.0 Å². The summed E-state index contributed by atoms with van der Waals surface area (Å²) in [6.45, 7) is 1.95. The van der Waals surface area contributed by atoms with Crippen molar-refractivity contribution in [2.45, 2.75) is 19.8 Å². The fraction of sp³-hybridized carbons (Fsp3) is 0.286. The summed E-state index contributed by atoms with van der Waals surface area (Å²) in [4.78, 5) is 16.7. The summed E-state index contributed by atoms with van der Waals surface area (Å²) >= 11 is 0. The van der Waals surface area contributed by atoms with Crippen LogP contribution < -0.4 is 5.63 Å². The zero-order chi connectivity index (χ0) is 13.8. The number of para-hydroxylation sites is 1. The van der Waals surface area contributed by atoms with Gasteiger partial charge in [0.05, 0.1) is 11.1 Å². The zero-order valence-electron chi connectivity index (χ0n) is 10.8. The summed E-state index contributed by atoms with van der Waals surface area (Å²) in [5.74, 6) is -0.115. The molecule has 0 saturated heterocycles. The van der Waals surface area contributed by atoms with E-state index in [1.165, 1.54) is 7.11 Å². The number of nitrogens with zero attached hydrogens (tertiary/aromatic N) is 1. The number of benzene rings is 1. The summed E-state index contributed by atoms with van der Waals surface area (Å²) in [6, 6.07) is 6.82. The van der Waals surface area contributed by atoms with E-state index < -0.39 is 5.63 Å². The third-order valence-corrected chi connectivity index (χ3v) is 2.76. The number of fused-ring (bicyclic) bond motifs is 1. The Hall–Kier alpha value is -2.30. The van der Waals surface area contributed by atoms with Gasteiger partial charge in [0, 0.05) is 0 Å². The van der Waals surface area contributed by atoms with E-state index in [1.807, 2.05) is 6.92 Å². The van der Waals surface area contributed by atoms with Crippen LogP contribution in [-0.4, -0.2) is 17.9 Å². The van der Waals surface area contributed by atoms with Gasteiger partial charge < -0.3 is 14.4 Å². The van der Waals surface area contributed by atoms with Gasteiger partial charge in [0.2, 0.25) is 0 Å². The van der Waals surface area contributed by atoms with Gasteiger partial charge >= 0.3 is 5.63 Å². The fourth-order valence-electron chi connectivity index (χ4n) is 1.95. The maximum absolute atomic E-state index is 12.0. The molecule has 100 valence electrons. The van der Waals surface area contributed by atoms with Crippen molar-refractivity contribution in [1.29, 1.82) is 0 Å². The van der Waals surface area contributed by atoms with Crippen molar-refractivity contribution in [3.05, 3.63) is 40.2 Å². The van der Waals surface area contributed by atoms with Gasteiger partial charge in [0.25, 0.3) is 0 Å². The molecule has 0 fully saturated rings. The van der Waals surface area contributed by atoms with Gasteiger partial charge in [-0.3, -0.25) is 0 Å². The van der Waals surface area contributed by atoms with E-state index in [-0.39, 0.29) is 11.3 Å². The Morgan fingerprint density at radius 2 is 2.16 bits per heavy atom. The molecule has 19 heavy (non-hydrogen) atoms. The van der Waals surface area contributed by atoms with E-state index in [0.717, 1.165) is 6.42 Å². The maximum Gasteiger partial charge on any atom is 0.349 e. The second kappa shape index (κ2) is 5.56. The second-order valence-corrected chi connectivity index (χ2v) is 4.08. The third kappa shape index (κ3) is 2.45. The standard InChI is InChI=1S/C14H15NO4/c1-3-6-10(15-18-2)12-13(16)9-7-4-5-8-11(9)19-14(12)17/h4-5,7-8,16H,3,6H2,1-2H3/b15-10+. The summed E-state index contributed by atoms with van der Waals surface area (Å²) in [5, 5.41) is 14.6. The second-order valence-electron chi connectivity index (χ2n) is 4.08. The van der Waals surface area contributed by atoms with Crippen molar-refractivity contribution in [3.8, 4) is 5.75 Å². The van der Waals surface area contributed by atoms with Crippen LogP contribution in [0.15, 0.2) is 38.6 Å². The molecule has 1 aromatic carbocycles. The lowest BCUT2D eigenvalue weighted by atomic mass is 10.0. The molecular formula is C14H15NO4. The monoisotopic (exact) mass is 261 g/mol. The Morgan fingerprint density at radius 3 is 2.84 bits per heavy atom. The number of hydrogen-bond donors (Lipinski definition) is 1. The molecule has 0 amide bonds. The molecule has 0 unspecified atom stereocenters. The number of oxime groups is 1. The Morgan fingerprint density at radius 1 is 1.42 bits per heavy atom. The first-order valence-corrected chi connectivity index (χ1v) is 6.04. The molecule has 2 rings (SSSR count). The summed E-state index contributed by atoms with van der Waals surface area (Å²) in [6.07, 6.45) is 1.29. The fourth-order valence-corrected chi connectivity index (χ4v) is 1.95. The molecule has 0 saturated carbocycles. The topological polar surface area (TPSA) is 72.0 Å². The normalized spacial score (nSPS) is 11.8. The zero-order valence-corrected chi connectivity index (χ0v) is 10.8. The van der Waals surface area contributed by atoms with Gasteiger partial charge in [0.15, 0.2) is 0 Å². The van der Waals surface area contributed by atoms with Crippen molar-refractivity contribution in [2.75, 3.05) is 7.11 Å². The van der Waals surface area contributed by atoms with Crippen LogP contribution in [0.3, 0.4) is 0 Å². The van der Waals surface area contributed by atoms with Gasteiger partial charge in [-0.1, -0.05) is 30.6 Å². The molecule has 2 aromatic rings. The van der Waals surface area contributed by atoms with Gasteiger partial charge in [-0.2, -0.15) is 0 Å². The quantitative estimate of drug-likeness (QED) is 0.521. The number of rotatable bonds is 4. The van der Waals surface area contributed by atoms with Crippen molar-refractivity contribution in [2.24, 2.45) is 5.16 Å². The molecule has 1 heterocycles. The Labute approximate surface area is 110 Å². The van der Waals surface area contributed by atoms with Crippen molar-refractivity contribution in [3.63, 3.8) is 0 Å². The minimum absolute atomic E-state index is 0.0717. The van der Waals surface area contributed by atoms with Crippen molar-refractivity contribution >= 4 is 16.7 Å². The van der Waals surface area contributed by atoms with Crippen LogP contribution in [0.2, 0.25) is 0 Å². The highest BCUT2D eigenvalue weighted by atomic mass is 16.6. The van der Waals surface area contributed by atoms with E-state index >= 15 is 0 Å². The molecule has 0 aliphatic heterocycles. The first kappa shape index (κ1) is 13.1. The van der Waals surface area contributed by atoms with Gasteiger partial charge in [-0.15, -0.1) is 0 Å². The van der Waals surface area contributed by atoms with E-state index in [0.29, 0.717) is 23.1 Å². The summed E-state index contributed by atoms with van der Waals surface area (Å²) < 4.78 is 5.20. The van der Waals surface area contributed by atoms with E-state index in [1.54, 1.807) is 24.3 Å². The van der Waals surface area contributed by atoms with Crippen molar-refractivity contribution in [1.82, 2.24) is 0 Å². The number of hydrogen-bond acceptors (Lipinski definition) is 5. The predicted molar refractivity (Wildman–Crippen MR) is 72.6 cm³/mol. The molecule has 0 spiro atoms. The Bertz CT molecular complexity index is 673. The Balaban J connectivity index is 2.72. The molecule has 0 aliphatic carbocycles. The summed E-state index contributed by atoms with van der Waals surface area (Å²) in [5.41, 5.74) is 0.201. The molecule has 0 bridgehead atoms. The molecule has 5 nitrogen and oxygen atoms in total. The lowest BCUT2D eigenvalue weighted by molar-refractivity contribution is 0.212. The molecule has 1 aromatic heterocycles. The van der Waals surface area contributed by atoms with Gasteiger partial charge in [-0.25, -0.2) is 4.79 Å². The molecule has 0 aliphatic rings. The Kier molecular flexibility index (Phi) is 3.85. The predicted octanol–water partition coefficient (Wildman–Crippen LogP) is 2.65. The highest BCUT2D eigenvalue weighted by Crippen LogP contribution is 2.27. The third-order valence-electron chi connectivity index (χ3n) is 2.76. The molecular weight excluding hydrogens is 246 g/mol. The molecule has 1 N–H and O–H groups in total.